The number of carbonyl (C=O) groups is 1. The number of ether oxygens (including phenoxy) is 2. The van der Waals surface area contributed by atoms with Crippen molar-refractivity contribution in [3.05, 3.63) is 58.7 Å². The Bertz CT molecular complexity index is 935. The first kappa shape index (κ1) is 18.5. The van der Waals surface area contributed by atoms with Crippen LogP contribution in [-0.4, -0.2) is 36.4 Å². The third kappa shape index (κ3) is 3.37. The van der Waals surface area contributed by atoms with Crippen LogP contribution in [0.2, 0.25) is 0 Å². The fraction of sp³-hybridized carbons (Fsp3) is 0.391. The van der Waals surface area contributed by atoms with Gasteiger partial charge in [0.05, 0.1) is 25.7 Å². The van der Waals surface area contributed by atoms with Gasteiger partial charge in [-0.1, -0.05) is 23.8 Å². The lowest BCUT2D eigenvalue weighted by Crippen LogP contribution is -2.44. The van der Waals surface area contributed by atoms with E-state index in [9.17, 15) is 4.79 Å². The molecular weight excluding hydrogens is 352 g/mol. The summed E-state index contributed by atoms with van der Waals surface area (Å²) in [5, 5.41) is 0. The normalized spacial score (nSPS) is 18.2. The predicted molar refractivity (Wildman–Crippen MR) is 109 cm³/mol. The molecule has 1 amide bonds. The Morgan fingerprint density at radius 1 is 1.11 bits per heavy atom. The van der Waals surface area contributed by atoms with Crippen molar-refractivity contribution in [2.24, 2.45) is 4.99 Å². The minimum atomic E-state index is -0.0718. The van der Waals surface area contributed by atoms with Crippen LogP contribution < -0.4 is 9.47 Å². The SMILES string of the molecule is CCOc1cc2c(cc1OCC)C1CC(=O)N=C(c3cccc(C)c3)N1CC2. The average molecular weight is 378 g/mol. The molecule has 0 aromatic heterocycles. The standard InChI is InChI=1S/C23H26N2O3/c1-4-27-20-12-16-9-10-25-19(18(16)13-21(20)28-5-2)14-22(26)24-23(25)17-8-6-7-15(3)11-17/h6-8,11-13,19H,4-5,9-10,14H2,1-3H3. The van der Waals surface area contributed by atoms with Crippen LogP contribution in [0, 0.1) is 6.92 Å². The van der Waals surface area contributed by atoms with Gasteiger partial charge in [-0.05, 0) is 56.5 Å². The Morgan fingerprint density at radius 3 is 2.57 bits per heavy atom. The van der Waals surface area contributed by atoms with Gasteiger partial charge >= 0.3 is 0 Å². The number of hydrogen-bond donors (Lipinski definition) is 0. The average Bonchev–Trinajstić information content (AvgIpc) is 2.68. The molecule has 2 aliphatic rings. The van der Waals surface area contributed by atoms with Crippen molar-refractivity contribution in [2.45, 2.75) is 39.7 Å². The molecule has 2 aromatic rings. The molecule has 0 spiro atoms. The molecule has 0 saturated heterocycles. The number of hydrogen-bond acceptors (Lipinski definition) is 4. The molecule has 2 heterocycles. The summed E-state index contributed by atoms with van der Waals surface area (Å²) in [6, 6.07) is 12.3. The fourth-order valence-electron chi connectivity index (χ4n) is 4.13. The van der Waals surface area contributed by atoms with Crippen molar-refractivity contribution in [3.63, 3.8) is 0 Å². The molecule has 4 rings (SSSR count). The van der Waals surface area contributed by atoms with Crippen LogP contribution in [0.3, 0.4) is 0 Å². The molecular formula is C23H26N2O3. The quantitative estimate of drug-likeness (QED) is 0.787. The van der Waals surface area contributed by atoms with Crippen molar-refractivity contribution in [1.82, 2.24) is 4.90 Å². The van der Waals surface area contributed by atoms with E-state index in [1.165, 1.54) is 5.56 Å². The van der Waals surface area contributed by atoms with Gasteiger partial charge in [-0.25, -0.2) is 0 Å². The molecule has 0 bridgehead atoms. The third-order valence-electron chi connectivity index (χ3n) is 5.31. The van der Waals surface area contributed by atoms with E-state index < -0.39 is 0 Å². The first-order valence-corrected chi connectivity index (χ1v) is 9.98. The summed E-state index contributed by atoms with van der Waals surface area (Å²) in [4.78, 5) is 19.2. The smallest absolute Gasteiger partial charge is 0.250 e. The van der Waals surface area contributed by atoms with Gasteiger partial charge in [-0.15, -0.1) is 0 Å². The highest BCUT2D eigenvalue weighted by Crippen LogP contribution is 2.41. The van der Waals surface area contributed by atoms with Crippen LogP contribution >= 0.6 is 0 Å². The second-order valence-corrected chi connectivity index (χ2v) is 7.23. The minimum absolute atomic E-state index is 0.0147. The molecule has 2 aromatic carbocycles. The number of amides is 1. The molecule has 0 aliphatic carbocycles. The van der Waals surface area contributed by atoms with Crippen molar-refractivity contribution < 1.29 is 14.3 Å². The number of aliphatic imine (C=N–C) groups is 1. The Morgan fingerprint density at radius 2 is 1.86 bits per heavy atom. The highest BCUT2D eigenvalue weighted by atomic mass is 16.5. The fourth-order valence-corrected chi connectivity index (χ4v) is 4.13. The Labute approximate surface area is 166 Å². The van der Waals surface area contributed by atoms with Crippen molar-refractivity contribution in [3.8, 4) is 11.5 Å². The highest BCUT2D eigenvalue weighted by Gasteiger charge is 2.36. The van der Waals surface area contributed by atoms with Crippen LogP contribution in [0.1, 0.15) is 48.6 Å². The minimum Gasteiger partial charge on any atom is -0.490 e. The summed E-state index contributed by atoms with van der Waals surface area (Å²) in [5.41, 5.74) is 4.53. The van der Waals surface area contributed by atoms with E-state index >= 15 is 0 Å². The maximum absolute atomic E-state index is 12.5. The number of carbonyl (C=O) groups excluding carboxylic acids is 1. The lowest BCUT2D eigenvalue weighted by atomic mass is 9.88. The van der Waals surface area contributed by atoms with Gasteiger partial charge in [-0.2, -0.15) is 4.99 Å². The van der Waals surface area contributed by atoms with E-state index in [0.717, 1.165) is 47.0 Å². The summed E-state index contributed by atoms with van der Waals surface area (Å²) in [7, 11) is 0. The number of fused-ring (bicyclic) bond motifs is 3. The third-order valence-corrected chi connectivity index (χ3v) is 5.31. The zero-order valence-corrected chi connectivity index (χ0v) is 16.7. The molecule has 0 radical (unpaired) electrons. The highest BCUT2D eigenvalue weighted by molar-refractivity contribution is 6.07. The Hall–Kier alpha value is -2.82. The monoisotopic (exact) mass is 378 g/mol. The first-order chi connectivity index (χ1) is 13.6. The summed E-state index contributed by atoms with van der Waals surface area (Å²) >= 11 is 0. The van der Waals surface area contributed by atoms with E-state index in [1.807, 2.05) is 26.0 Å². The second kappa shape index (κ2) is 7.66. The molecule has 5 heteroatoms. The Balaban J connectivity index is 1.76. The largest absolute Gasteiger partial charge is 0.490 e. The van der Waals surface area contributed by atoms with Gasteiger partial charge in [0, 0.05) is 12.1 Å². The van der Waals surface area contributed by atoms with Gasteiger partial charge in [-0.3, -0.25) is 4.79 Å². The summed E-state index contributed by atoms with van der Waals surface area (Å²) in [6.45, 7) is 7.99. The number of aryl methyl sites for hydroxylation is 1. The zero-order valence-electron chi connectivity index (χ0n) is 16.7. The predicted octanol–water partition coefficient (Wildman–Crippen LogP) is 4.07. The van der Waals surface area contributed by atoms with E-state index in [0.29, 0.717) is 19.6 Å². The molecule has 2 aliphatic heterocycles. The first-order valence-electron chi connectivity index (χ1n) is 9.98. The van der Waals surface area contributed by atoms with Crippen molar-refractivity contribution in [2.75, 3.05) is 19.8 Å². The van der Waals surface area contributed by atoms with Gasteiger partial charge in [0.2, 0.25) is 5.91 Å². The lowest BCUT2D eigenvalue weighted by Gasteiger charge is -2.41. The van der Waals surface area contributed by atoms with Crippen LogP contribution in [0.15, 0.2) is 41.4 Å². The topological polar surface area (TPSA) is 51.1 Å². The number of amidine groups is 1. The number of benzene rings is 2. The maximum atomic E-state index is 12.5. The zero-order chi connectivity index (χ0) is 19.7. The van der Waals surface area contributed by atoms with Crippen LogP contribution in [0.4, 0.5) is 0 Å². The molecule has 146 valence electrons. The molecule has 0 N–H and O–H groups in total. The number of nitrogens with zero attached hydrogens (tertiary/aromatic N) is 2. The van der Waals surface area contributed by atoms with E-state index in [1.54, 1.807) is 0 Å². The summed E-state index contributed by atoms with van der Waals surface area (Å²) in [5.74, 6) is 2.24. The van der Waals surface area contributed by atoms with Gasteiger partial charge in [0.25, 0.3) is 0 Å². The van der Waals surface area contributed by atoms with E-state index in [-0.39, 0.29) is 11.9 Å². The van der Waals surface area contributed by atoms with Crippen LogP contribution in [-0.2, 0) is 11.2 Å². The summed E-state index contributed by atoms with van der Waals surface area (Å²) in [6.07, 6.45) is 1.28. The summed E-state index contributed by atoms with van der Waals surface area (Å²) < 4.78 is 11.6. The van der Waals surface area contributed by atoms with Crippen molar-refractivity contribution >= 4 is 11.7 Å². The maximum Gasteiger partial charge on any atom is 0.250 e. The molecule has 0 saturated carbocycles. The molecule has 1 unspecified atom stereocenters. The molecule has 1 atom stereocenters. The van der Waals surface area contributed by atoms with Gasteiger partial charge in [0.1, 0.15) is 5.84 Å². The second-order valence-electron chi connectivity index (χ2n) is 7.23. The van der Waals surface area contributed by atoms with E-state index in [4.69, 9.17) is 9.47 Å². The molecule has 0 fully saturated rings. The van der Waals surface area contributed by atoms with Crippen LogP contribution in [0.5, 0.6) is 11.5 Å². The molecule has 28 heavy (non-hydrogen) atoms. The number of rotatable bonds is 5. The van der Waals surface area contributed by atoms with Crippen molar-refractivity contribution in [1.29, 1.82) is 0 Å². The molecule has 5 nitrogen and oxygen atoms in total. The van der Waals surface area contributed by atoms with Gasteiger partial charge in [0.15, 0.2) is 11.5 Å². The van der Waals surface area contributed by atoms with E-state index in [2.05, 4.69) is 41.1 Å². The van der Waals surface area contributed by atoms with Gasteiger partial charge < -0.3 is 14.4 Å². The Kier molecular flexibility index (Phi) is 5.07. The lowest BCUT2D eigenvalue weighted by molar-refractivity contribution is -0.119. The van der Waals surface area contributed by atoms with Crippen LogP contribution in [0.25, 0.3) is 0 Å².